The van der Waals surface area contributed by atoms with Crippen molar-refractivity contribution in [2.24, 2.45) is 5.73 Å². The lowest BCUT2D eigenvalue weighted by Gasteiger charge is -2.34. The summed E-state index contributed by atoms with van der Waals surface area (Å²) in [5.74, 6) is 0. The molecule has 1 aliphatic carbocycles. The van der Waals surface area contributed by atoms with Crippen molar-refractivity contribution in [1.82, 2.24) is 10.2 Å². The fourth-order valence-corrected chi connectivity index (χ4v) is 2.54. The second-order valence-corrected chi connectivity index (χ2v) is 4.75. The third kappa shape index (κ3) is 2.98. The number of nitrogens with two attached hydrogens (primary N) is 1. The second-order valence-electron chi connectivity index (χ2n) is 4.75. The van der Waals surface area contributed by atoms with E-state index in [-0.39, 0.29) is 6.03 Å². The Balaban J connectivity index is 1.72. The molecule has 1 atom stereocenters. The first kappa shape index (κ1) is 11.5. The van der Waals surface area contributed by atoms with Crippen LogP contribution in [0.5, 0.6) is 0 Å². The monoisotopic (exact) mass is 223 g/mol. The van der Waals surface area contributed by atoms with Gasteiger partial charge in [0.1, 0.15) is 0 Å². The number of hydrogen-bond acceptors (Lipinski definition) is 2. The van der Waals surface area contributed by atoms with Crippen LogP contribution in [0.15, 0.2) is 12.2 Å². The highest BCUT2D eigenvalue weighted by Crippen LogP contribution is 2.15. The zero-order valence-electron chi connectivity index (χ0n) is 9.69. The van der Waals surface area contributed by atoms with E-state index >= 15 is 0 Å². The molecule has 0 radical (unpaired) electrons. The van der Waals surface area contributed by atoms with Crippen LogP contribution < -0.4 is 11.1 Å². The van der Waals surface area contributed by atoms with Crippen molar-refractivity contribution in [3.8, 4) is 0 Å². The quantitative estimate of drug-likeness (QED) is 0.692. The summed E-state index contributed by atoms with van der Waals surface area (Å²) in [4.78, 5) is 12.7. The number of nitrogens with one attached hydrogen (secondary N) is 1. The highest BCUT2D eigenvalue weighted by atomic mass is 16.2. The Hall–Kier alpha value is -1.03. The van der Waals surface area contributed by atoms with Crippen LogP contribution in [0, 0.1) is 0 Å². The average molecular weight is 223 g/mol. The standard InChI is InChI=1S/C12H21N3O/c13-12(16)15-8-6-11(7-9-15)14-10-4-2-1-3-5-10/h1-2,10-11,14H,3-9H2,(H2,13,16). The molecule has 16 heavy (non-hydrogen) atoms. The highest BCUT2D eigenvalue weighted by Gasteiger charge is 2.23. The maximum Gasteiger partial charge on any atom is 0.314 e. The molecule has 1 unspecified atom stereocenters. The first-order valence-corrected chi connectivity index (χ1v) is 6.21. The Labute approximate surface area is 96.9 Å². The average Bonchev–Trinajstić information content (AvgIpc) is 2.31. The summed E-state index contributed by atoms with van der Waals surface area (Å²) in [6.45, 7) is 1.60. The molecule has 0 aromatic heterocycles. The molecule has 0 aromatic rings. The number of hydrogen-bond donors (Lipinski definition) is 2. The first-order chi connectivity index (χ1) is 7.75. The van der Waals surface area contributed by atoms with Gasteiger partial charge in [-0.15, -0.1) is 0 Å². The van der Waals surface area contributed by atoms with E-state index in [0.717, 1.165) is 32.4 Å². The molecule has 90 valence electrons. The topological polar surface area (TPSA) is 58.4 Å². The molecular weight excluding hydrogens is 202 g/mol. The normalized spacial score (nSPS) is 27.0. The van der Waals surface area contributed by atoms with E-state index in [1.54, 1.807) is 4.90 Å². The Kier molecular flexibility index (Phi) is 3.83. The van der Waals surface area contributed by atoms with E-state index in [4.69, 9.17) is 5.73 Å². The minimum Gasteiger partial charge on any atom is -0.351 e. The van der Waals surface area contributed by atoms with Crippen molar-refractivity contribution in [3.63, 3.8) is 0 Å². The summed E-state index contributed by atoms with van der Waals surface area (Å²) in [6.07, 6.45) is 10.2. The molecule has 4 heteroatoms. The van der Waals surface area contributed by atoms with Gasteiger partial charge >= 0.3 is 6.03 Å². The van der Waals surface area contributed by atoms with Crippen molar-refractivity contribution in [3.05, 3.63) is 12.2 Å². The van der Waals surface area contributed by atoms with E-state index in [0.29, 0.717) is 12.1 Å². The van der Waals surface area contributed by atoms with Gasteiger partial charge in [-0.25, -0.2) is 4.79 Å². The summed E-state index contributed by atoms with van der Waals surface area (Å²) in [5, 5.41) is 3.69. The molecule has 2 rings (SSSR count). The van der Waals surface area contributed by atoms with E-state index in [1.807, 2.05) is 0 Å². The van der Waals surface area contributed by atoms with Crippen LogP contribution in [0.1, 0.15) is 32.1 Å². The number of nitrogens with zero attached hydrogens (tertiary/aromatic N) is 1. The lowest BCUT2D eigenvalue weighted by Crippen LogP contribution is -2.49. The molecule has 0 spiro atoms. The molecule has 0 bridgehead atoms. The Morgan fingerprint density at radius 1 is 1.19 bits per heavy atom. The molecule has 0 saturated carbocycles. The molecule has 2 aliphatic rings. The van der Waals surface area contributed by atoms with Gasteiger partial charge in [0.25, 0.3) is 0 Å². The van der Waals surface area contributed by atoms with E-state index in [9.17, 15) is 4.79 Å². The third-order valence-electron chi connectivity index (χ3n) is 3.55. The van der Waals surface area contributed by atoms with Gasteiger partial charge in [0.05, 0.1) is 0 Å². The van der Waals surface area contributed by atoms with Crippen molar-refractivity contribution in [2.45, 2.75) is 44.2 Å². The smallest absolute Gasteiger partial charge is 0.314 e. The lowest BCUT2D eigenvalue weighted by molar-refractivity contribution is 0.181. The van der Waals surface area contributed by atoms with E-state index in [1.165, 1.54) is 12.8 Å². The third-order valence-corrected chi connectivity index (χ3v) is 3.55. The molecule has 1 aliphatic heterocycles. The lowest BCUT2D eigenvalue weighted by atomic mass is 9.98. The number of piperidine rings is 1. The predicted molar refractivity (Wildman–Crippen MR) is 64.1 cm³/mol. The van der Waals surface area contributed by atoms with Crippen LogP contribution in [0.2, 0.25) is 0 Å². The van der Waals surface area contributed by atoms with Gasteiger partial charge in [-0.05, 0) is 32.1 Å². The predicted octanol–water partition coefficient (Wildman–Crippen LogP) is 1.23. The van der Waals surface area contributed by atoms with Gasteiger partial charge in [0.15, 0.2) is 0 Å². The summed E-state index contributed by atoms with van der Waals surface area (Å²) in [5.41, 5.74) is 5.25. The largest absolute Gasteiger partial charge is 0.351 e. The van der Waals surface area contributed by atoms with E-state index < -0.39 is 0 Å². The minimum atomic E-state index is -0.279. The summed E-state index contributed by atoms with van der Waals surface area (Å²) in [7, 11) is 0. The van der Waals surface area contributed by atoms with Crippen molar-refractivity contribution in [2.75, 3.05) is 13.1 Å². The zero-order valence-corrected chi connectivity index (χ0v) is 9.69. The number of carbonyl (C=O) groups excluding carboxylic acids is 1. The van der Waals surface area contributed by atoms with Crippen LogP contribution in [0.3, 0.4) is 0 Å². The molecule has 0 aromatic carbocycles. The van der Waals surface area contributed by atoms with Crippen LogP contribution in [0.25, 0.3) is 0 Å². The van der Waals surface area contributed by atoms with Crippen molar-refractivity contribution < 1.29 is 4.79 Å². The van der Waals surface area contributed by atoms with Gasteiger partial charge in [-0.3, -0.25) is 0 Å². The van der Waals surface area contributed by atoms with Crippen LogP contribution in [-0.2, 0) is 0 Å². The van der Waals surface area contributed by atoms with Crippen molar-refractivity contribution >= 4 is 6.03 Å². The Morgan fingerprint density at radius 2 is 1.94 bits per heavy atom. The summed E-state index contributed by atoms with van der Waals surface area (Å²) >= 11 is 0. The van der Waals surface area contributed by atoms with Crippen molar-refractivity contribution in [1.29, 1.82) is 0 Å². The molecular formula is C12H21N3O. The fourth-order valence-electron chi connectivity index (χ4n) is 2.54. The Bertz CT molecular complexity index is 269. The van der Waals surface area contributed by atoms with Crippen LogP contribution >= 0.6 is 0 Å². The molecule has 3 N–H and O–H groups in total. The first-order valence-electron chi connectivity index (χ1n) is 6.21. The number of urea groups is 1. The highest BCUT2D eigenvalue weighted by molar-refractivity contribution is 5.72. The van der Waals surface area contributed by atoms with Gasteiger partial charge < -0.3 is 16.0 Å². The number of rotatable bonds is 2. The number of carbonyl (C=O) groups is 1. The fraction of sp³-hybridized carbons (Fsp3) is 0.750. The van der Waals surface area contributed by atoms with Gasteiger partial charge in [-0.1, -0.05) is 12.2 Å². The molecule has 2 amide bonds. The van der Waals surface area contributed by atoms with E-state index in [2.05, 4.69) is 17.5 Å². The minimum absolute atomic E-state index is 0.279. The van der Waals surface area contributed by atoms with Crippen LogP contribution in [-0.4, -0.2) is 36.1 Å². The number of amides is 2. The molecule has 4 nitrogen and oxygen atoms in total. The van der Waals surface area contributed by atoms with Gasteiger partial charge in [0, 0.05) is 25.2 Å². The molecule has 1 saturated heterocycles. The van der Waals surface area contributed by atoms with Gasteiger partial charge in [-0.2, -0.15) is 0 Å². The molecule has 1 heterocycles. The second kappa shape index (κ2) is 5.34. The Morgan fingerprint density at radius 3 is 2.50 bits per heavy atom. The summed E-state index contributed by atoms with van der Waals surface area (Å²) in [6, 6.07) is 0.918. The zero-order chi connectivity index (χ0) is 11.4. The maximum absolute atomic E-state index is 11.0. The number of likely N-dealkylation sites (tertiary alicyclic amines) is 1. The van der Waals surface area contributed by atoms with Crippen LogP contribution in [0.4, 0.5) is 4.79 Å². The summed E-state index contributed by atoms with van der Waals surface area (Å²) < 4.78 is 0. The van der Waals surface area contributed by atoms with Gasteiger partial charge in [0.2, 0.25) is 0 Å². The number of allylic oxidation sites excluding steroid dienone is 1. The SMILES string of the molecule is NC(=O)N1CCC(NC2CC=CCC2)CC1. The molecule has 1 fully saturated rings. The maximum atomic E-state index is 11.0. The number of primary amides is 1.